The Morgan fingerprint density at radius 1 is 1.44 bits per heavy atom. The lowest BCUT2D eigenvalue weighted by molar-refractivity contribution is 0.405. The Bertz CT molecular complexity index is 441. The molecule has 1 aliphatic carbocycles. The maximum atomic E-state index is 11.5. The fourth-order valence-corrected chi connectivity index (χ4v) is 3.06. The molecule has 0 spiro atoms. The molecule has 0 saturated heterocycles. The van der Waals surface area contributed by atoms with Crippen LogP contribution in [-0.2, 0) is 0 Å². The van der Waals surface area contributed by atoms with Crippen molar-refractivity contribution in [1.82, 2.24) is 9.97 Å². The molecule has 2 N–H and O–H groups in total. The van der Waals surface area contributed by atoms with Crippen molar-refractivity contribution in [1.29, 1.82) is 0 Å². The molecule has 1 aliphatic rings. The summed E-state index contributed by atoms with van der Waals surface area (Å²) in [5.41, 5.74) is -0.243. The SMILES string of the molecule is COc1c(NC2CCC(SC)CC2)nc[nH]c1=O. The smallest absolute Gasteiger partial charge is 0.295 e. The number of ether oxygens (including phenoxy) is 1. The largest absolute Gasteiger partial charge is 0.489 e. The second-order valence-electron chi connectivity index (χ2n) is 4.47. The van der Waals surface area contributed by atoms with Crippen LogP contribution >= 0.6 is 11.8 Å². The van der Waals surface area contributed by atoms with E-state index in [2.05, 4.69) is 21.5 Å². The third-order valence-corrected chi connectivity index (χ3v) is 4.50. The fraction of sp³-hybridized carbons (Fsp3) is 0.667. The van der Waals surface area contributed by atoms with Gasteiger partial charge in [-0.25, -0.2) is 4.98 Å². The minimum absolute atomic E-state index is 0.243. The lowest BCUT2D eigenvalue weighted by Crippen LogP contribution is -2.28. The van der Waals surface area contributed by atoms with Gasteiger partial charge in [-0.2, -0.15) is 11.8 Å². The molecule has 2 rings (SSSR count). The molecule has 6 heteroatoms. The minimum Gasteiger partial charge on any atom is -0.489 e. The molecule has 1 aromatic rings. The maximum absolute atomic E-state index is 11.5. The van der Waals surface area contributed by atoms with Crippen LogP contribution in [0.5, 0.6) is 5.75 Å². The van der Waals surface area contributed by atoms with Crippen LogP contribution in [0.4, 0.5) is 5.82 Å². The van der Waals surface area contributed by atoms with E-state index in [0.717, 1.165) is 18.1 Å². The van der Waals surface area contributed by atoms with Gasteiger partial charge >= 0.3 is 0 Å². The number of nitrogens with zero attached hydrogens (tertiary/aromatic N) is 1. The number of rotatable bonds is 4. The van der Waals surface area contributed by atoms with E-state index in [1.807, 2.05) is 11.8 Å². The van der Waals surface area contributed by atoms with Gasteiger partial charge in [-0.1, -0.05) is 0 Å². The van der Waals surface area contributed by atoms with Gasteiger partial charge in [0, 0.05) is 11.3 Å². The summed E-state index contributed by atoms with van der Waals surface area (Å²) < 4.78 is 5.09. The van der Waals surface area contributed by atoms with E-state index in [4.69, 9.17) is 4.74 Å². The van der Waals surface area contributed by atoms with Crippen molar-refractivity contribution in [2.75, 3.05) is 18.7 Å². The van der Waals surface area contributed by atoms with Crippen LogP contribution in [-0.4, -0.2) is 34.6 Å². The summed E-state index contributed by atoms with van der Waals surface area (Å²) in [6, 6.07) is 0.386. The van der Waals surface area contributed by atoms with E-state index < -0.39 is 0 Å². The summed E-state index contributed by atoms with van der Waals surface area (Å²) in [5, 5.41) is 4.10. The van der Waals surface area contributed by atoms with Crippen LogP contribution in [0.15, 0.2) is 11.1 Å². The molecular weight excluding hydrogens is 250 g/mol. The Labute approximate surface area is 111 Å². The van der Waals surface area contributed by atoms with Gasteiger partial charge in [0.05, 0.1) is 13.4 Å². The van der Waals surface area contributed by atoms with Crippen LogP contribution in [0.3, 0.4) is 0 Å². The van der Waals surface area contributed by atoms with Crippen LogP contribution in [0, 0.1) is 0 Å². The molecule has 0 bridgehead atoms. The summed E-state index contributed by atoms with van der Waals surface area (Å²) in [7, 11) is 1.49. The Kier molecular flexibility index (Phi) is 4.52. The monoisotopic (exact) mass is 269 g/mol. The third kappa shape index (κ3) is 2.98. The summed E-state index contributed by atoms with van der Waals surface area (Å²) in [6.45, 7) is 0. The molecular formula is C12H19N3O2S. The van der Waals surface area contributed by atoms with Crippen molar-refractivity contribution in [2.45, 2.75) is 37.0 Å². The normalized spacial score (nSPS) is 23.7. The molecule has 0 aliphatic heterocycles. The first-order valence-electron chi connectivity index (χ1n) is 6.15. The maximum Gasteiger partial charge on any atom is 0.295 e. The summed E-state index contributed by atoms with van der Waals surface area (Å²) in [4.78, 5) is 18.2. The number of aromatic nitrogens is 2. The molecule has 18 heavy (non-hydrogen) atoms. The van der Waals surface area contributed by atoms with Crippen LogP contribution in [0.25, 0.3) is 0 Å². The predicted octanol–water partition coefficient (Wildman–Crippen LogP) is 1.86. The first-order valence-corrected chi connectivity index (χ1v) is 7.44. The highest BCUT2D eigenvalue weighted by molar-refractivity contribution is 7.99. The molecule has 1 fully saturated rings. The van der Waals surface area contributed by atoms with Crippen molar-refractivity contribution in [2.24, 2.45) is 0 Å². The van der Waals surface area contributed by atoms with Gasteiger partial charge in [0.15, 0.2) is 5.82 Å². The number of methoxy groups -OCH3 is 1. The number of hydrogen-bond donors (Lipinski definition) is 2. The first kappa shape index (κ1) is 13.3. The van der Waals surface area contributed by atoms with Gasteiger partial charge in [0.2, 0.25) is 5.75 Å². The van der Waals surface area contributed by atoms with E-state index in [9.17, 15) is 4.79 Å². The summed E-state index contributed by atoms with van der Waals surface area (Å²) in [6.07, 6.45) is 8.22. The topological polar surface area (TPSA) is 67.0 Å². The average molecular weight is 269 g/mol. The Morgan fingerprint density at radius 3 is 2.78 bits per heavy atom. The van der Waals surface area contributed by atoms with E-state index in [-0.39, 0.29) is 11.3 Å². The second-order valence-corrected chi connectivity index (χ2v) is 5.61. The second kappa shape index (κ2) is 6.13. The third-order valence-electron chi connectivity index (χ3n) is 3.36. The molecule has 1 saturated carbocycles. The summed E-state index contributed by atoms with van der Waals surface area (Å²) in [5.74, 6) is 0.818. The predicted molar refractivity (Wildman–Crippen MR) is 74.6 cm³/mol. The lowest BCUT2D eigenvalue weighted by atomic mass is 9.95. The molecule has 1 aromatic heterocycles. The standard InChI is InChI=1S/C12H19N3O2S/c1-17-10-11(13-7-14-12(10)16)15-8-3-5-9(18-2)6-4-8/h7-9H,3-6H2,1-2H3,(H2,13,14,15,16). The fourth-order valence-electron chi connectivity index (χ4n) is 2.32. The minimum atomic E-state index is -0.243. The molecule has 5 nitrogen and oxygen atoms in total. The molecule has 0 amide bonds. The van der Waals surface area contributed by atoms with Gasteiger partial charge in [0.1, 0.15) is 0 Å². The Morgan fingerprint density at radius 2 is 2.17 bits per heavy atom. The Balaban J connectivity index is 2.02. The number of aromatic amines is 1. The highest BCUT2D eigenvalue weighted by atomic mass is 32.2. The van der Waals surface area contributed by atoms with Crippen LogP contribution < -0.4 is 15.6 Å². The van der Waals surface area contributed by atoms with E-state index >= 15 is 0 Å². The van der Waals surface area contributed by atoms with Crippen molar-refractivity contribution < 1.29 is 4.74 Å². The highest BCUT2D eigenvalue weighted by Crippen LogP contribution is 2.29. The van der Waals surface area contributed by atoms with Gasteiger partial charge in [0.25, 0.3) is 5.56 Å². The molecule has 0 unspecified atom stereocenters. The summed E-state index contributed by atoms with van der Waals surface area (Å²) >= 11 is 1.94. The lowest BCUT2D eigenvalue weighted by Gasteiger charge is -2.28. The molecule has 100 valence electrons. The van der Waals surface area contributed by atoms with E-state index in [0.29, 0.717) is 11.9 Å². The molecule has 0 atom stereocenters. The zero-order chi connectivity index (χ0) is 13.0. The number of nitrogens with one attached hydrogen (secondary N) is 2. The molecule has 0 radical (unpaired) electrons. The van der Waals surface area contributed by atoms with Crippen LogP contribution in [0.2, 0.25) is 0 Å². The zero-order valence-electron chi connectivity index (χ0n) is 10.7. The van der Waals surface area contributed by atoms with Crippen molar-refractivity contribution in [3.63, 3.8) is 0 Å². The Hall–Kier alpha value is -1.17. The highest BCUT2D eigenvalue weighted by Gasteiger charge is 2.22. The molecule has 1 heterocycles. The zero-order valence-corrected chi connectivity index (χ0v) is 11.5. The van der Waals surface area contributed by atoms with Gasteiger partial charge in [-0.05, 0) is 31.9 Å². The number of thioether (sulfide) groups is 1. The van der Waals surface area contributed by atoms with Crippen molar-refractivity contribution in [3.05, 3.63) is 16.7 Å². The number of H-pyrrole nitrogens is 1. The van der Waals surface area contributed by atoms with Crippen LogP contribution in [0.1, 0.15) is 25.7 Å². The quantitative estimate of drug-likeness (QED) is 0.873. The van der Waals surface area contributed by atoms with Gasteiger partial charge in [-0.15, -0.1) is 0 Å². The average Bonchev–Trinajstić information content (AvgIpc) is 2.40. The number of anilines is 1. The number of hydrogen-bond acceptors (Lipinski definition) is 5. The first-order chi connectivity index (χ1) is 8.74. The molecule has 0 aromatic carbocycles. The van der Waals surface area contributed by atoms with E-state index in [1.165, 1.54) is 26.3 Å². The van der Waals surface area contributed by atoms with Crippen molar-refractivity contribution in [3.8, 4) is 5.75 Å². The van der Waals surface area contributed by atoms with E-state index in [1.54, 1.807) is 0 Å². The van der Waals surface area contributed by atoms with Gasteiger partial charge < -0.3 is 15.0 Å². The van der Waals surface area contributed by atoms with Gasteiger partial charge in [-0.3, -0.25) is 4.79 Å². The van der Waals surface area contributed by atoms with Crippen molar-refractivity contribution >= 4 is 17.6 Å².